The zero-order valence-electron chi connectivity index (χ0n) is 12.2. The first-order valence-corrected chi connectivity index (χ1v) is 8.36. The molecule has 1 unspecified atom stereocenters. The van der Waals surface area contributed by atoms with Gasteiger partial charge in [-0.05, 0) is 50.2 Å². The molecule has 1 saturated heterocycles. The lowest BCUT2D eigenvalue weighted by Gasteiger charge is -2.16. The Labute approximate surface area is 142 Å². The fourth-order valence-corrected chi connectivity index (χ4v) is 3.43. The molecule has 1 atom stereocenters. The van der Waals surface area contributed by atoms with Gasteiger partial charge in [0.25, 0.3) is 0 Å². The number of amides is 1. The second-order valence-electron chi connectivity index (χ2n) is 5.10. The first-order valence-electron chi connectivity index (χ1n) is 7.00. The van der Waals surface area contributed by atoms with Gasteiger partial charge < -0.3 is 10.2 Å². The van der Waals surface area contributed by atoms with Gasteiger partial charge in [-0.1, -0.05) is 11.6 Å². The molecule has 0 bridgehead atoms. The second kappa shape index (κ2) is 9.57. The minimum atomic E-state index is 0. The molecule has 0 aromatic heterocycles. The highest BCUT2D eigenvalue weighted by atomic mass is 35.5. The summed E-state index contributed by atoms with van der Waals surface area (Å²) in [6.45, 7) is 2.82. The summed E-state index contributed by atoms with van der Waals surface area (Å²) < 4.78 is 0. The number of hydrogen-bond donors (Lipinski definition) is 1. The van der Waals surface area contributed by atoms with E-state index in [1.807, 2.05) is 36.2 Å². The summed E-state index contributed by atoms with van der Waals surface area (Å²) >= 11 is 7.56. The number of hydrogen-bond acceptors (Lipinski definition) is 3. The third-order valence-electron chi connectivity index (χ3n) is 3.53. The van der Waals surface area contributed by atoms with Crippen molar-refractivity contribution in [3.05, 3.63) is 29.3 Å². The summed E-state index contributed by atoms with van der Waals surface area (Å²) in [7, 11) is 1.97. The number of nitrogens with zero attached hydrogens (tertiary/aromatic N) is 1. The van der Waals surface area contributed by atoms with Crippen molar-refractivity contribution in [1.29, 1.82) is 0 Å². The van der Waals surface area contributed by atoms with Gasteiger partial charge in [0.1, 0.15) is 0 Å². The van der Waals surface area contributed by atoms with E-state index in [0.717, 1.165) is 41.7 Å². The Morgan fingerprint density at radius 3 is 2.81 bits per heavy atom. The maximum absolute atomic E-state index is 12.1. The number of halogens is 2. The number of likely N-dealkylation sites (tertiary alicyclic amines) is 1. The van der Waals surface area contributed by atoms with E-state index in [1.54, 1.807) is 11.8 Å². The monoisotopic (exact) mass is 348 g/mol. The molecule has 1 aromatic carbocycles. The van der Waals surface area contributed by atoms with Gasteiger partial charge >= 0.3 is 0 Å². The van der Waals surface area contributed by atoms with E-state index < -0.39 is 0 Å². The van der Waals surface area contributed by atoms with E-state index >= 15 is 0 Å². The summed E-state index contributed by atoms with van der Waals surface area (Å²) in [6.07, 6.45) is 1.73. The minimum absolute atomic E-state index is 0. The molecule has 0 radical (unpaired) electrons. The topological polar surface area (TPSA) is 32.3 Å². The third kappa shape index (κ3) is 6.07. The molecule has 118 valence electrons. The Hall–Kier alpha value is -0.420. The summed E-state index contributed by atoms with van der Waals surface area (Å²) in [5.74, 6) is 1.73. The van der Waals surface area contributed by atoms with Gasteiger partial charge in [0.2, 0.25) is 5.91 Å². The SMILES string of the molecule is CNCC1CCN(C(=O)CCSc2ccc(Cl)cc2)C1.Cl. The molecular weight excluding hydrogens is 327 g/mol. The maximum Gasteiger partial charge on any atom is 0.223 e. The molecule has 3 nitrogen and oxygen atoms in total. The first kappa shape index (κ1) is 18.6. The highest BCUT2D eigenvalue weighted by Crippen LogP contribution is 2.22. The molecule has 0 spiro atoms. The van der Waals surface area contributed by atoms with Crippen molar-refractivity contribution in [2.45, 2.75) is 17.7 Å². The van der Waals surface area contributed by atoms with Crippen LogP contribution in [0.2, 0.25) is 5.02 Å². The molecule has 1 heterocycles. The number of carbonyl (C=O) groups excluding carboxylic acids is 1. The van der Waals surface area contributed by atoms with Gasteiger partial charge in [0.15, 0.2) is 0 Å². The second-order valence-corrected chi connectivity index (χ2v) is 6.71. The van der Waals surface area contributed by atoms with E-state index in [2.05, 4.69) is 5.32 Å². The summed E-state index contributed by atoms with van der Waals surface area (Å²) in [4.78, 5) is 15.3. The van der Waals surface area contributed by atoms with E-state index in [1.165, 1.54) is 0 Å². The Kier molecular flexibility index (Phi) is 8.49. The predicted molar refractivity (Wildman–Crippen MR) is 92.7 cm³/mol. The van der Waals surface area contributed by atoms with Crippen molar-refractivity contribution in [2.24, 2.45) is 5.92 Å². The van der Waals surface area contributed by atoms with Crippen LogP contribution in [0, 0.1) is 5.92 Å². The van der Waals surface area contributed by atoms with Crippen molar-refractivity contribution in [3.63, 3.8) is 0 Å². The van der Waals surface area contributed by atoms with Gasteiger partial charge in [-0.2, -0.15) is 0 Å². The lowest BCUT2D eigenvalue weighted by atomic mass is 10.1. The van der Waals surface area contributed by atoms with Crippen LogP contribution in [-0.2, 0) is 4.79 Å². The lowest BCUT2D eigenvalue weighted by Crippen LogP contribution is -2.30. The molecule has 6 heteroatoms. The fourth-order valence-electron chi connectivity index (χ4n) is 2.46. The van der Waals surface area contributed by atoms with Gasteiger partial charge in [-0.15, -0.1) is 24.2 Å². The molecular formula is C15H22Cl2N2OS. The van der Waals surface area contributed by atoms with Crippen LogP contribution in [0.4, 0.5) is 0 Å². The Morgan fingerprint density at radius 2 is 2.14 bits per heavy atom. The molecule has 1 fully saturated rings. The van der Waals surface area contributed by atoms with Crippen LogP contribution in [0.25, 0.3) is 0 Å². The van der Waals surface area contributed by atoms with Crippen LogP contribution in [0.1, 0.15) is 12.8 Å². The normalized spacial score (nSPS) is 17.6. The summed E-state index contributed by atoms with van der Waals surface area (Å²) in [5.41, 5.74) is 0. The Balaban J connectivity index is 0.00000220. The van der Waals surface area contributed by atoms with Gasteiger partial charge in [-0.25, -0.2) is 0 Å². The van der Waals surface area contributed by atoms with Crippen LogP contribution >= 0.6 is 35.8 Å². The number of benzene rings is 1. The third-order valence-corrected chi connectivity index (χ3v) is 4.80. The van der Waals surface area contributed by atoms with Crippen molar-refractivity contribution in [3.8, 4) is 0 Å². The highest BCUT2D eigenvalue weighted by Gasteiger charge is 2.25. The molecule has 0 aliphatic carbocycles. The van der Waals surface area contributed by atoms with Crippen molar-refractivity contribution in [2.75, 3.05) is 32.4 Å². The average Bonchev–Trinajstić information content (AvgIpc) is 2.90. The number of nitrogens with one attached hydrogen (secondary N) is 1. The van der Waals surface area contributed by atoms with Crippen LogP contribution in [-0.4, -0.2) is 43.2 Å². The van der Waals surface area contributed by atoms with Gasteiger partial charge in [0, 0.05) is 35.2 Å². The first-order chi connectivity index (χ1) is 9.69. The number of thioether (sulfide) groups is 1. The molecule has 1 aromatic rings. The molecule has 1 aliphatic heterocycles. The molecule has 21 heavy (non-hydrogen) atoms. The largest absolute Gasteiger partial charge is 0.342 e. The van der Waals surface area contributed by atoms with E-state index in [9.17, 15) is 4.79 Å². The van der Waals surface area contributed by atoms with E-state index in [0.29, 0.717) is 12.3 Å². The van der Waals surface area contributed by atoms with Crippen molar-refractivity contribution in [1.82, 2.24) is 10.2 Å². The van der Waals surface area contributed by atoms with Crippen LogP contribution in [0.5, 0.6) is 0 Å². The van der Waals surface area contributed by atoms with Crippen molar-refractivity contribution < 1.29 is 4.79 Å². The quantitative estimate of drug-likeness (QED) is 0.800. The minimum Gasteiger partial charge on any atom is -0.342 e. The molecule has 1 aliphatic rings. The highest BCUT2D eigenvalue weighted by molar-refractivity contribution is 7.99. The van der Waals surface area contributed by atoms with Crippen LogP contribution < -0.4 is 5.32 Å². The van der Waals surface area contributed by atoms with E-state index in [4.69, 9.17) is 11.6 Å². The molecule has 1 N–H and O–H groups in total. The van der Waals surface area contributed by atoms with Crippen LogP contribution in [0.3, 0.4) is 0 Å². The standard InChI is InChI=1S/C15H21ClN2OS.ClH/c1-17-10-12-6-8-18(11-12)15(19)7-9-20-14-4-2-13(16)3-5-14;/h2-5,12,17H,6-11H2,1H3;1H. The molecule has 2 rings (SSSR count). The molecule has 0 saturated carbocycles. The zero-order chi connectivity index (χ0) is 14.4. The summed E-state index contributed by atoms with van der Waals surface area (Å²) in [6, 6.07) is 7.76. The predicted octanol–water partition coefficient (Wildman–Crippen LogP) is 3.31. The zero-order valence-corrected chi connectivity index (χ0v) is 14.6. The van der Waals surface area contributed by atoms with Crippen LogP contribution in [0.15, 0.2) is 29.2 Å². The maximum atomic E-state index is 12.1. The van der Waals surface area contributed by atoms with Gasteiger partial charge in [0.05, 0.1) is 0 Å². The molecule has 1 amide bonds. The Bertz CT molecular complexity index is 442. The smallest absolute Gasteiger partial charge is 0.223 e. The van der Waals surface area contributed by atoms with Crippen molar-refractivity contribution >= 4 is 41.7 Å². The average molecular weight is 349 g/mol. The summed E-state index contributed by atoms with van der Waals surface area (Å²) in [5, 5.41) is 3.93. The number of carbonyl (C=O) groups is 1. The van der Waals surface area contributed by atoms with Gasteiger partial charge in [-0.3, -0.25) is 4.79 Å². The van der Waals surface area contributed by atoms with E-state index in [-0.39, 0.29) is 18.3 Å². The fraction of sp³-hybridized carbons (Fsp3) is 0.533. The number of rotatable bonds is 6. The Morgan fingerprint density at radius 1 is 1.43 bits per heavy atom. The lowest BCUT2D eigenvalue weighted by molar-refractivity contribution is -0.129.